The highest BCUT2D eigenvalue weighted by atomic mass is 35.5. The standard InChI is InChI=1S/C15H12ClF3N2O4S/c1-9-3-5-11(8-13(9)21(22)23)26(24,25)20(2)14-7-10(15(17,18)19)4-6-12(14)16/h3-8H,1-2H3. The minimum atomic E-state index is -4.69. The molecule has 0 spiro atoms. The molecule has 0 unspecified atom stereocenters. The van der Waals surface area contributed by atoms with Gasteiger partial charge in [-0.05, 0) is 31.2 Å². The van der Waals surface area contributed by atoms with Crippen LogP contribution >= 0.6 is 11.6 Å². The van der Waals surface area contributed by atoms with Gasteiger partial charge in [0.25, 0.3) is 15.7 Å². The molecule has 0 aliphatic carbocycles. The largest absolute Gasteiger partial charge is 0.416 e. The Bertz CT molecular complexity index is 977. The van der Waals surface area contributed by atoms with E-state index in [4.69, 9.17) is 11.6 Å². The lowest BCUT2D eigenvalue weighted by atomic mass is 10.2. The highest BCUT2D eigenvalue weighted by molar-refractivity contribution is 7.92. The fraction of sp³-hybridized carbons (Fsp3) is 0.200. The Kier molecular flexibility index (Phi) is 5.20. The van der Waals surface area contributed by atoms with Gasteiger partial charge in [0.05, 0.1) is 26.1 Å². The average Bonchev–Trinajstić information content (AvgIpc) is 2.53. The molecule has 2 aromatic rings. The zero-order valence-corrected chi connectivity index (χ0v) is 15.0. The van der Waals surface area contributed by atoms with E-state index in [2.05, 4.69) is 0 Å². The molecule has 11 heteroatoms. The molecule has 0 N–H and O–H groups in total. The Labute approximate surface area is 152 Å². The van der Waals surface area contributed by atoms with Crippen LogP contribution in [0.2, 0.25) is 5.02 Å². The molecule has 0 aliphatic rings. The summed E-state index contributed by atoms with van der Waals surface area (Å²) in [6.07, 6.45) is -4.69. The third-order valence-electron chi connectivity index (χ3n) is 3.65. The number of nitro groups is 1. The first kappa shape index (κ1) is 20.0. The van der Waals surface area contributed by atoms with Crippen molar-refractivity contribution in [2.45, 2.75) is 18.0 Å². The molecular weight excluding hydrogens is 397 g/mol. The third-order valence-corrected chi connectivity index (χ3v) is 5.74. The second kappa shape index (κ2) is 6.76. The molecule has 0 fully saturated rings. The van der Waals surface area contributed by atoms with Crippen molar-refractivity contribution in [1.82, 2.24) is 0 Å². The summed E-state index contributed by atoms with van der Waals surface area (Å²) in [6.45, 7) is 1.43. The first-order chi connectivity index (χ1) is 11.9. The Balaban J connectivity index is 2.57. The fourth-order valence-corrected chi connectivity index (χ4v) is 3.69. The van der Waals surface area contributed by atoms with Crippen LogP contribution in [-0.2, 0) is 16.2 Å². The first-order valence-electron chi connectivity index (χ1n) is 6.96. The molecule has 0 atom stereocenters. The van der Waals surface area contributed by atoms with Gasteiger partial charge in [0.1, 0.15) is 0 Å². The summed E-state index contributed by atoms with van der Waals surface area (Å²) in [5, 5.41) is 10.8. The lowest BCUT2D eigenvalue weighted by molar-refractivity contribution is -0.385. The van der Waals surface area contributed by atoms with Gasteiger partial charge < -0.3 is 0 Å². The lowest BCUT2D eigenvalue weighted by Crippen LogP contribution is -2.27. The number of nitrogens with zero attached hydrogens (tertiary/aromatic N) is 2. The monoisotopic (exact) mass is 408 g/mol. The summed E-state index contributed by atoms with van der Waals surface area (Å²) < 4.78 is 64.6. The highest BCUT2D eigenvalue weighted by Crippen LogP contribution is 2.37. The van der Waals surface area contributed by atoms with E-state index in [-0.39, 0.29) is 10.6 Å². The van der Waals surface area contributed by atoms with Crippen molar-refractivity contribution in [3.05, 3.63) is 62.7 Å². The zero-order chi connectivity index (χ0) is 19.9. The van der Waals surface area contributed by atoms with E-state index in [1.165, 1.54) is 13.0 Å². The van der Waals surface area contributed by atoms with Crippen molar-refractivity contribution in [3.8, 4) is 0 Å². The number of nitro benzene ring substituents is 1. The van der Waals surface area contributed by atoms with Gasteiger partial charge in [0.2, 0.25) is 0 Å². The quantitative estimate of drug-likeness (QED) is 0.554. The lowest BCUT2D eigenvalue weighted by Gasteiger charge is -2.22. The highest BCUT2D eigenvalue weighted by Gasteiger charge is 2.33. The number of aryl methyl sites for hydroxylation is 1. The Morgan fingerprint density at radius 2 is 1.77 bits per heavy atom. The van der Waals surface area contributed by atoms with Crippen LogP contribution in [0.4, 0.5) is 24.5 Å². The molecule has 0 saturated heterocycles. The predicted octanol–water partition coefficient (Wildman–Crippen LogP) is 4.40. The summed E-state index contributed by atoms with van der Waals surface area (Å²) in [4.78, 5) is 9.82. The second-order valence-electron chi connectivity index (χ2n) is 5.34. The van der Waals surface area contributed by atoms with E-state index in [0.717, 1.165) is 31.3 Å². The summed E-state index contributed by atoms with van der Waals surface area (Å²) in [6, 6.07) is 5.49. The maximum Gasteiger partial charge on any atom is 0.416 e. The van der Waals surface area contributed by atoms with E-state index < -0.39 is 43.0 Å². The van der Waals surface area contributed by atoms with Crippen molar-refractivity contribution in [2.24, 2.45) is 0 Å². The zero-order valence-electron chi connectivity index (χ0n) is 13.4. The van der Waals surface area contributed by atoms with E-state index in [1.54, 1.807) is 0 Å². The molecule has 0 amide bonds. The van der Waals surface area contributed by atoms with Gasteiger partial charge in [0.15, 0.2) is 0 Å². The molecule has 2 aromatic carbocycles. The Morgan fingerprint density at radius 3 is 2.31 bits per heavy atom. The Hall–Kier alpha value is -2.33. The number of alkyl halides is 3. The van der Waals surface area contributed by atoms with E-state index >= 15 is 0 Å². The number of benzene rings is 2. The van der Waals surface area contributed by atoms with Gasteiger partial charge in [-0.3, -0.25) is 14.4 Å². The minimum Gasteiger partial charge on any atom is -0.268 e. The topological polar surface area (TPSA) is 80.5 Å². The summed E-state index contributed by atoms with van der Waals surface area (Å²) in [5.41, 5.74) is -1.65. The average molecular weight is 409 g/mol. The van der Waals surface area contributed by atoms with Crippen LogP contribution in [0.1, 0.15) is 11.1 Å². The van der Waals surface area contributed by atoms with Gasteiger partial charge in [-0.15, -0.1) is 0 Å². The van der Waals surface area contributed by atoms with Crippen LogP contribution in [0.25, 0.3) is 0 Å². The number of rotatable bonds is 4. The number of hydrogen-bond donors (Lipinski definition) is 0. The minimum absolute atomic E-state index is 0.217. The summed E-state index contributed by atoms with van der Waals surface area (Å²) >= 11 is 5.86. The van der Waals surface area contributed by atoms with Crippen molar-refractivity contribution < 1.29 is 26.5 Å². The van der Waals surface area contributed by atoms with E-state index in [1.807, 2.05) is 0 Å². The van der Waals surface area contributed by atoms with Gasteiger partial charge in [-0.25, -0.2) is 8.42 Å². The number of halogens is 4. The molecule has 0 aromatic heterocycles. The first-order valence-corrected chi connectivity index (χ1v) is 8.78. The summed E-state index contributed by atoms with van der Waals surface area (Å²) in [7, 11) is -3.36. The van der Waals surface area contributed by atoms with Crippen LogP contribution < -0.4 is 4.31 Å². The third kappa shape index (κ3) is 3.75. The number of anilines is 1. The molecule has 0 bridgehead atoms. The van der Waals surface area contributed by atoms with E-state index in [9.17, 15) is 31.7 Å². The van der Waals surface area contributed by atoms with Gasteiger partial charge in [-0.1, -0.05) is 17.7 Å². The smallest absolute Gasteiger partial charge is 0.268 e. The van der Waals surface area contributed by atoms with Crippen LogP contribution in [0, 0.1) is 17.0 Å². The number of hydrogen-bond acceptors (Lipinski definition) is 4. The fourth-order valence-electron chi connectivity index (χ4n) is 2.16. The van der Waals surface area contributed by atoms with Gasteiger partial charge >= 0.3 is 6.18 Å². The molecule has 0 aliphatic heterocycles. The van der Waals surface area contributed by atoms with Crippen molar-refractivity contribution in [3.63, 3.8) is 0 Å². The maximum atomic E-state index is 12.9. The molecule has 2 rings (SSSR count). The van der Waals surface area contributed by atoms with Crippen molar-refractivity contribution >= 4 is 33.0 Å². The second-order valence-corrected chi connectivity index (χ2v) is 7.72. The normalized spacial score (nSPS) is 12.1. The molecule has 6 nitrogen and oxygen atoms in total. The molecular formula is C15H12ClF3N2O4S. The molecule has 140 valence electrons. The van der Waals surface area contributed by atoms with Crippen LogP contribution in [0.15, 0.2) is 41.3 Å². The molecule has 0 saturated carbocycles. The van der Waals surface area contributed by atoms with Crippen LogP contribution in [0.5, 0.6) is 0 Å². The van der Waals surface area contributed by atoms with Crippen molar-refractivity contribution in [2.75, 3.05) is 11.4 Å². The molecule has 0 radical (unpaired) electrons. The molecule has 26 heavy (non-hydrogen) atoms. The maximum absolute atomic E-state index is 12.9. The van der Waals surface area contributed by atoms with Crippen molar-refractivity contribution in [1.29, 1.82) is 0 Å². The summed E-state index contributed by atoms with van der Waals surface area (Å²) in [5.74, 6) is 0. The number of sulfonamides is 1. The van der Waals surface area contributed by atoms with Crippen LogP contribution in [-0.4, -0.2) is 20.4 Å². The van der Waals surface area contributed by atoms with E-state index in [0.29, 0.717) is 10.4 Å². The molecule has 0 heterocycles. The van der Waals surface area contributed by atoms with Gasteiger partial charge in [-0.2, -0.15) is 13.2 Å². The predicted molar refractivity (Wildman–Crippen MR) is 89.9 cm³/mol. The SMILES string of the molecule is Cc1ccc(S(=O)(=O)N(C)c2cc(C(F)(F)F)ccc2Cl)cc1[N+](=O)[O-]. The van der Waals surface area contributed by atoms with Crippen LogP contribution in [0.3, 0.4) is 0 Å². The Morgan fingerprint density at radius 1 is 1.15 bits per heavy atom. The van der Waals surface area contributed by atoms with Gasteiger partial charge in [0, 0.05) is 18.7 Å².